The summed E-state index contributed by atoms with van der Waals surface area (Å²) in [7, 11) is 0. The van der Waals surface area contributed by atoms with Gasteiger partial charge in [-0.25, -0.2) is 0 Å². The van der Waals surface area contributed by atoms with E-state index in [1.807, 2.05) is 18.2 Å². The number of aryl methyl sites for hydroxylation is 1. The minimum Gasteiger partial charge on any atom is -0.481 e. The number of rotatable bonds is 7. The van der Waals surface area contributed by atoms with Crippen LogP contribution in [0.2, 0.25) is 0 Å². The van der Waals surface area contributed by atoms with Crippen LogP contribution in [-0.4, -0.2) is 17.6 Å². The monoisotopic (exact) mass is 221 g/mol. The Morgan fingerprint density at radius 3 is 2.81 bits per heavy atom. The SMILES string of the molecule is CCCc1ccccc1NCCCC(=O)O. The standard InChI is InChI=1S/C13H19NO2/c1-2-6-11-7-3-4-8-12(11)14-10-5-9-13(15)16/h3-4,7-8,14H,2,5-6,9-10H2,1H3,(H,15,16). The van der Waals surface area contributed by atoms with Crippen molar-refractivity contribution in [2.45, 2.75) is 32.6 Å². The summed E-state index contributed by atoms with van der Waals surface area (Å²) in [5.41, 5.74) is 2.44. The number of carboxylic acid groups (broad SMARTS) is 1. The van der Waals surface area contributed by atoms with Crippen molar-refractivity contribution in [1.82, 2.24) is 0 Å². The van der Waals surface area contributed by atoms with Crippen LogP contribution in [0.1, 0.15) is 31.7 Å². The van der Waals surface area contributed by atoms with E-state index in [1.54, 1.807) is 0 Å². The highest BCUT2D eigenvalue weighted by atomic mass is 16.4. The van der Waals surface area contributed by atoms with Crippen LogP contribution < -0.4 is 5.32 Å². The van der Waals surface area contributed by atoms with Crippen LogP contribution in [0.15, 0.2) is 24.3 Å². The number of nitrogens with one attached hydrogen (secondary N) is 1. The first-order valence-electron chi connectivity index (χ1n) is 5.77. The number of hydrogen-bond acceptors (Lipinski definition) is 2. The summed E-state index contributed by atoms with van der Waals surface area (Å²) < 4.78 is 0. The van der Waals surface area contributed by atoms with Crippen LogP contribution in [0.25, 0.3) is 0 Å². The zero-order valence-corrected chi connectivity index (χ0v) is 9.70. The molecular formula is C13H19NO2. The topological polar surface area (TPSA) is 49.3 Å². The normalized spacial score (nSPS) is 10.1. The van der Waals surface area contributed by atoms with Gasteiger partial charge in [-0.3, -0.25) is 4.79 Å². The van der Waals surface area contributed by atoms with E-state index in [-0.39, 0.29) is 6.42 Å². The molecule has 0 radical (unpaired) electrons. The average Bonchev–Trinajstić information content (AvgIpc) is 2.26. The third-order valence-electron chi connectivity index (χ3n) is 2.42. The summed E-state index contributed by atoms with van der Waals surface area (Å²) in [4.78, 5) is 10.4. The molecule has 1 aromatic carbocycles. The summed E-state index contributed by atoms with van der Waals surface area (Å²) in [6.45, 7) is 2.87. The highest BCUT2D eigenvalue weighted by molar-refractivity contribution is 5.66. The number of para-hydroxylation sites is 1. The quantitative estimate of drug-likeness (QED) is 0.696. The molecule has 0 aliphatic carbocycles. The molecule has 0 saturated heterocycles. The Labute approximate surface area is 96.5 Å². The van der Waals surface area contributed by atoms with Gasteiger partial charge in [0.15, 0.2) is 0 Å². The van der Waals surface area contributed by atoms with Crippen molar-refractivity contribution >= 4 is 11.7 Å². The second-order valence-corrected chi connectivity index (χ2v) is 3.83. The molecule has 0 aliphatic heterocycles. The van der Waals surface area contributed by atoms with E-state index >= 15 is 0 Å². The molecule has 3 heteroatoms. The van der Waals surface area contributed by atoms with Crippen molar-refractivity contribution in [3.05, 3.63) is 29.8 Å². The molecule has 0 heterocycles. The van der Waals surface area contributed by atoms with Gasteiger partial charge in [-0.15, -0.1) is 0 Å². The van der Waals surface area contributed by atoms with Crippen LogP contribution in [0.3, 0.4) is 0 Å². The Kier molecular flexibility index (Phi) is 5.40. The third kappa shape index (κ3) is 4.34. The lowest BCUT2D eigenvalue weighted by Crippen LogP contribution is -2.06. The third-order valence-corrected chi connectivity index (χ3v) is 2.42. The van der Waals surface area contributed by atoms with Crippen molar-refractivity contribution in [2.24, 2.45) is 0 Å². The van der Waals surface area contributed by atoms with Crippen LogP contribution in [0, 0.1) is 0 Å². The van der Waals surface area contributed by atoms with Gasteiger partial charge in [0.05, 0.1) is 0 Å². The van der Waals surface area contributed by atoms with Gasteiger partial charge in [-0.1, -0.05) is 31.5 Å². The van der Waals surface area contributed by atoms with Crippen LogP contribution in [0.5, 0.6) is 0 Å². The number of carbonyl (C=O) groups is 1. The molecule has 0 amide bonds. The van der Waals surface area contributed by atoms with E-state index in [1.165, 1.54) is 5.56 Å². The zero-order chi connectivity index (χ0) is 11.8. The fourth-order valence-electron chi connectivity index (χ4n) is 1.64. The van der Waals surface area contributed by atoms with E-state index in [0.29, 0.717) is 13.0 Å². The number of hydrogen-bond donors (Lipinski definition) is 2. The van der Waals surface area contributed by atoms with Crippen molar-refractivity contribution in [1.29, 1.82) is 0 Å². The van der Waals surface area contributed by atoms with Gasteiger partial charge in [0.2, 0.25) is 0 Å². The maximum absolute atomic E-state index is 10.4. The Bertz CT molecular complexity index is 336. The molecule has 0 spiro atoms. The molecule has 16 heavy (non-hydrogen) atoms. The Hall–Kier alpha value is -1.51. The van der Waals surface area contributed by atoms with Gasteiger partial charge in [-0.05, 0) is 24.5 Å². The van der Waals surface area contributed by atoms with Gasteiger partial charge in [-0.2, -0.15) is 0 Å². The minimum absolute atomic E-state index is 0.225. The average molecular weight is 221 g/mol. The Morgan fingerprint density at radius 2 is 2.12 bits per heavy atom. The molecule has 0 fully saturated rings. The van der Waals surface area contributed by atoms with E-state index < -0.39 is 5.97 Å². The predicted molar refractivity (Wildman–Crippen MR) is 65.8 cm³/mol. The van der Waals surface area contributed by atoms with Gasteiger partial charge in [0.25, 0.3) is 0 Å². The number of aliphatic carboxylic acids is 1. The molecule has 0 bridgehead atoms. The fraction of sp³-hybridized carbons (Fsp3) is 0.462. The van der Waals surface area contributed by atoms with E-state index in [4.69, 9.17) is 5.11 Å². The summed E-state index contributed by atoms with van der Waals surface area (Å²) in [5, 5.41) is 11.8. The van der Waals surface area contributed by atoms with Gasteiger partial charge < -0.3 is 10.4 Å². The first-order chi connectivity index (χ1) is 7.74. The van der Waals surface area contributed by atoms with Gasteiger partial charge >= 0.3 is 5.97 Å². The highest BCUT2D eigenvalue weighted by Crippen LogP contribution is 2.16. The molecule has 3 nitrogen and oxygen atoms in total. The van der Waals surface area contributed by atoms with E-state index in [0.717, 1.165) is 18.5 Å². The van der Waals surface area contributed by atoms with Crippen LogP contribution in [0.4, 0.5) is 5.69 Å². The second kappa shape index (κ2) is 6.88. The summed E-state index contributed by atoms with van der Waals surface area (Å²) in [6, 6.07) is 8.20. The lowest BCUT2D eigenvalue weighted by Gasteiger charge is -2.10. The summed E-state index contributed by atoms with van der Waals surface area (Å²) >= 11 is 0. The van der Waals surface area contributed by atoms with Crippen LogP contribution >= 0.6 is 0 Å². The molecule has 2 N–H and O–H groups in total. The molecule has 0 saturated carbocycles. The maximum atomic E-state index is 10.4. The molecular weight excluding hydrogens is 202 g/mol. The molecule has 0 unspecified atom stereocenters. The molecule has 0 aromatic heterocycles. The number of carboxylic acids is 1. The first kappa shape index (κ1) is 12.6. The number of anilines is 1. The molecule has 88 valence electrons. The van der Waals surface area contributed by atoms with Crippen molar-refractivity contribution < 1.29 is 9.90 Å². The highest BCUT2D eigenvalue weighted by Gasteiger charge is 2.00. The maximum Gasteiger partial charge on any atom is 0.303 e. The van der Waals surface area contributed by atoms with Gasteiger partial charge in [0.1, 0.15) is 0 Å². The fourth-order valence-corrected chi connectivity index (χ4v) is 1.64. The second-order valence-electron chi connectivity index (χ2n) is 3.83. The van der Waals surface area contributed by atoms with Gasteiger partial charge in [0, 0.05) is 18.7 Å². The van der Waals surface area contributed by atoms with Crippen molar-refractivity contribution in [2.75, 3.05) is 11.9 Å². The Balaban J connectivity index is 2.43. The molecule has 0 aliphatic rings. The molecule has 0 atom stereocenters. The smallest absolute Gasteiger partial charge is 0.303 e. The zero-order valence-electron chi connectivity index (χ0n) is 9.70. The van der Waals surface area contributed by atoms with Crippen molar-refractivity contribution in [3.8, 4) is 0 Å². The van der Waals surface area contributed by atoms with E-state index in [9.17, 15) is 4.79 Å². The lowest BCUT2D eigenvalue weighted by molar-refractivity contribution is -0.137. The minimum atomic E-state index is -0.733. The molecule has 1 rings (SSSR count). The lowest BCUT2D eigenvalue weighted by atomic mass is 10.1. The Morgan fingerprint density at radius 1 is 1.38 bits per heavy atom. The molecule has 1 aromatic rings. The van der Waals surface area contributed by atoms with Crippen molar-refractivity contribution in [3.63, 3.8) is 0 Å². The summed E-state index contributed by atoms with van der Waals surface area (Å²) in [5.74, 6) is -0.733. The summed E-state index contributed by atoms with van der Waals surface area (Å²) in [6.07, 6.45) is 3.06. The van der Waals surface area contributed by atoms with E-state index in [2.05, 4.69) is 18.3 Å². The largest absolute Gasteiger partial charge is 0.481 e. The predicted octanol–water partition coefficient (Wildman–Crippen LogP) is 2.92. The number of benzene rings is 1. The van der Waals surface area contributed by atoms with Crippen LogP contribution in [-0.2, 0) is 11.2 Å². The first-order valence-corrected chi connectivity index (χ1v) is 5.77.